The summed E-state index contributed by atoms with van der Waals surface area (Å²) in [6.45, 7) is 6.01. The molecule has 3 heteroatoms. The summed E-state index contributed by atoms with van der Waals surface area (Å²) in [7, 11) is 0. The smallest absolute Gasteiger partial charge is 0.323 e. The van der Waals surface area contributed by atoms with E-state index in [4.69, 9.17) is 4.74 Å². The van der Waals surface area contributed by atoms with Crippen LogP contribution < -0.4 is 0 Å². The highest BCUT2D eigenvalue weighted by molar-refractivity contribution is 5.76. The third kappa shape index (κ3) is 1.82. The van der Waals surface area contributed by atoms with Crippen LogP contribution in [0.15, 0.2) is 12.7 Å². The van der Waals surface area contributed by atoms with Crippen molar-refractivity contribution in [2.24, 2.45) is 5.92 Å². The minimum Gasteiger partial charge on any atom is -0.460 e. The molecule has 14 heavy (non-hydrogen) atoms. The van der Waals surface area contributed by atoms with Gasteiger partial charge in [-0.2, -0.15) is 0 Å². The SMILES string of the molecule is C=CCOC(=O)C1CC2CCN1CC2. The highest BCUT2D eigenvalue weighted by Crippen LogP contribution is 2.32. The number of hydrogen-bond acceptors (Lipinski definition) is 3. The predicted molar refractivity (Wildman–Crippen MR) is 53.9 cm³/mol. The van der Waals surface area contributed by atoms with Gasteiger partial charge in [0.05, 0.1) is 0 Å². The molecule has 1 unspecified atom stereocenters. The number of ether oxygens (including phenoxy) is 1. The molecule has 3 aliphatic rings. The molecule has 3 rings (SSSR count). The van der Waals surface area contributed by atoms with Crippen molar-refractivity contribution in [3.8, 4) is 0 Å². The van der Waals surface area contributed by atoms with Crippen LogP contribution in [0.3, 0.4) is 0 Å². The Bertz CT molecular complexity index is 231. The zero-order valence-electron chi connectivity index (χ0n) is 8.45. The fourth-order valence-corrected chi connectivity index (χ4v) is 2.45. The second-order valence-corrected chi connectivity index (χ2v) is 4.15. The molecule has 0 aromatic rings. The normalized spacial score (nSPS) is 35.3. The summed E-state index contributed by atoms with van der Waals surface area (Å²) < 4.78 is 5.08. The summed E-state index contributed by atoms with van der Waals surface area (Å²) in [5.41, 5.74) is 0. The molecule has 78 valence electrons. The van der Waals surface area contributed by atoms with Gasteiger partial charge in [-0.15, -0.1) is 0 Å². The van der Waals surface area contributed by atoms with Crippen molar-refractivity contribution >= 4 is 5.97 Å². The van der Waals surface area contributed by atoms with E-state index in [-0.39, 0.29) is 12.0 Å². The number of rotatable bonds is 3. The molecule has 0 amide bonds. The van der Waals surface area contributed by atoms with Gasteiger partial charge in [0.2, 0.25) is 0 Å². The van der Waals surface area contributed by atoms with Crippen LogP contribution in [0.25, 0.3) is 0 Å². The highest BCUT2D eigenvalue weighted by Gasteiger charge is 2.38. The van der Waals surface area contributed by atoms with Gasteiger partial charge in [0.1, 0.15) is 12.6 Å². The number of fused-ring (bicyclic) bond motifs is 3. The Labute approximate surface area is 84.7 Å². The second-order valence-electron chi connectivity index (χ2n) is 4.15. The average Bonchev–Trinajstić information content (AvgIpc) is 2.27. The van der Waals surface area contributed by atoms with E-state index in [1.165, 1.54) is 12.8 Å². The molecule has 0 spiro atoms. The maximum Gasteiger partial charge on any atom is 0.323 e. The van der Waals surface area contributed by atoms with Gasteiger partial charge < -0.3 is 4.74 Å². The first-order valence-corrected chi connectivity index (χ1v) is 5.33. The maximum atomic E-state index is 11.6. The third-order valence-electron chi connectivity index (χ3n) is 3.26. The molecule has 0 N–H and O–H groups in total. The van der Waals surface area contributed by atoms with E-state index in [0.717, 1.165) is 25.4 Å². The van der Waals surface area contributed by atoms with E-state index in [9.17, 15) is 4.79 Å². The van der Waals surface area contributed by atoms with Gasteiger partial charge in [0.15, 0.2) is 0 Å². The largest absolute Gasteiger partial charge is 0.460 e. The first-order chi connectivity index (χ1) is 6.81. The van der Waals surface area contributed by atoms with Gasteiger partial charge in [0, 0.05) is 0 Å². The van der Waals surface area contributed by atoms with Crippen molar-refractivity contribution < 1.29 is 9.53 Å². The lowest BCUT2D eigenvalue weighted by atomic mass is 9.83. The first kappa shape index (κ1) is 9.71. The summed E-state index contributed by atoms with van der Waals surface area (Å²) in [5.74, 6) is 0.690. The van der Waals surface area contributed by atoms with Gasteiger partial charge in [-0.05, 0) is 38.3 Å². The van der Waals surface area contributed by atoms with Crippen molar-refractivity contribution in [2.75, 3.05) is 19.7 Å². The molecule has 3 fully saturated rings. The standard InChI is InChI=1S/C11H17NO2/c1-2-7-14-11(13)10-8-9-3-5-12(10)6-4-9/h2,9-10H,1,3-8H2. The van der Waals surface area contributed by atoms with Crippen LogP contribution >= 0.6 is 0 Å². The molecule has 0 radical (unpaired) electrons. The molecule has 1 atom stereocenters. The molecular formula is C11H17NO2. The molecule has 0 aromatic carbocycles. The summed E-state index contributed by atoms with van der Waals surface area (Å²) in [6.07, 6.45) is 5.13. The lowest BCUT2D eigenvalue weighted by Crippen LogP contribution is -2.52. The molecule has 2 bridgehead atoms. The zero-order chi connectivity index (χ0) is 9.97. The molecule has 0 aliphatic carbocycles. The average molecular weight is 195 g/mol. The Hall–Kier alpha value is -0.830. The summed E-state index contributed by atoms with van der Waals surface area (Å²) in [6, 6.07) is 0.0300. The van der Waals surface area contributed by atoms with Crippen LogP contribution in [0, 0.1) is 5.92 Å². The molecule has 3 saturated heterocycles. The van der Waals surface area contributed by atoms with E-state index in [2.05, 4.69) is 11.5 Å². The molecule has 3 heterocycles. The molecule has 3 nitrogen and oxygen atoms in total. The Morgan fingerprint density at radius 3 is 2.71 bits per heavy atom. The van der Waals surface area contributed by atoms with E-state index >= 15 is 0 Å². The van der Waals surface area contributed by atoms with Crippen LogP contribution in [-0.2, 0) is 9.53 Å². The predicted octanol–water partition coefficient (Wildman–Crippen LogP) is 1.20. The summed E-state index contributed by atoms with van der Waals surface area (Å²) in [5, 5.41) is 0. The van der Waals surface area contributed by atoms with E-state index in [1.54, 1.807) is 6.08 Å². The number of carbonyl (C=O) groups is 1. The van der Waals surface area contributed by atoms with Gasteiger partial charge in [0.25, 0.3) is 0 Å². The van der Waals surface area contributed by atoms with Crippen molar-refractivity contribution in [1.29, 1.82) is 0 Å². The minimum absolute atomic E-state index is 0.0300. The van der Waals surface area contributed by atoms with Crippen molar-refractivity contribution in [3.63, 3.8) is 0 Å². The van der Waals surface area contributed by atoms with Crippen LogP contribution in [0.1, 0.15) is 19.3 Å². The molecule has 0 aromatic heterocycles. The monoisotopic (exact) mass is 195 g/mol. The van der Waals surface area contributed by atoms with Crippen LogP contribution in [0.4, 0.5) is 0 Å². The van der Waals surface area contributed by atoms with E-state index < -0.39 is 0 Å². The summed E-state index contributed by atoms with van der Waals surface area (Å²) >= 11 is 0. The van der Waals surface area contributed by atoms with Crippen molar-refractivity contribution in [2.45, 2.75) is 25.3 Å². The molecule has 0 saturated carbocycles. The van der Waals surface area contributed by atoms with Crippen LogP contribution in [0.2, 0.25) is 0 Å². The van der Waals surface area contributed by atoms with Gasteiger partial charge in [-0.25, -0.2) is 0 Å². The van der Waals surface area contributed by atoms with Gasteiger partial charge >= 0.3 is 5.97 Å². The Kier molecular flexibility index (Phi) is 2.87. The van der Waals surface area contributed by atoms with Gasteiger partial charge in [-0.3, -0.25) is 9.69 Å². The minimum atomic E-state index is -0.0608. The lowest BCUT2D eigenvalue weighted by Gasteiger charge is -2.43. The number of piperidine rings is 3. The Morgan fingerprint density at radius 1 is 1.50 bits per heavy atom. The summed E-state index contributed by atoms with van der Waals surface area (Å²) in [4.78, 5) is 13.9. The number of nitrogens with zero attached hydrogens (tertiary/aromatic N) is 1. The van der Waals surface area contributed by atoms with E-state index in [1.807, 2.05) is 0 Å². The second kappa shape index (κ2) is 4.13. The number of esters is 1. The fourth-order valence-electron chi connectivity index (χ4n) is 2.45. The topological polar surface area (TPSA) is 29.5 Å². The number of hydrogen-bond donors (Lipinski definition) is 0. The fraction of sp³-hybridized carbons (Fsp3) is 0.727. The molecular weight excluding hydrogens is 178 g/mol. The third-order valence-corrected chi connectivity index (χ3v) is 3.26. The van der Waals surface area contributed by atoms with Gasteiger partial charge in [-0.1, -0.05) is 12.7 Å². The number of carbonyl (C=O) groups excluding carboxylic acids is 1. The maximum absolute atomic E-state index is 11.6. The van der Waals surface area contributed by atoms with E-state index in [0.29, 0.717) is 6.61 Å². The van der Waals surface area contributed by atoms with Crippen molar-refractivity contribution in [3.05, 3.63) is 12.7 Å². The lowest BCUT2D eigenvalue weighted by molar-refractivity contribution is -0.153. The zero-order valence-corrected chi connectivity index (χ0v) is 8.45. The molecule has 3 aliphatic heterocycles. The Balaban J connectivity index is 1.91. The Morgan fingerprint density at radius 2 is 2.21 bits per heavy atom. The highest BCUT2D eigenvalue weighted by atomic mass is 16.5. The van der Waals surface area contributed by atoms with Crippen molar-refractivity contribution in [1.82, 2.24) is 4.90 Å². The quantitative estimate of drug-likeness (QED) is 0.500. The van der Waals surface area contributed by atoms with Crippen LogP contribution in [-0.4, -0.2) is 36.6 Å². The first-order valence-electron chi connectivity index (χ1n) is 5.33. The van der Waals surface area contributed by atoms with Crippen LogP contribution in [0.5, 0.6) is 0 Å².